The van der Waals surface area contributed by atoms with Crippen molar-refractivity contribution in [1.82, 2.24) is 20.3 Å². The lowest BCUT2D eigenvalue weighted by atomic mass is 10.1. The molecule has 13 heteroatoms. The molecule has 5 aromatic rings. The number of nitrogens with one attached hydrogen (secondary N) is 2. The quantitative estimate of drug-likeness (QED) is 0.147. The Morgan fingerprint density at radius 1 is 1.07 bits per heavy atom. The van der Waals surface area contributed by atoms with Crippen LogP contribution in [-0.4, -0.2) is 28.4 Å². The van der Waals surface area contributed by atoms with E-state index in [0.29, 0.717) is 55.9 Å². The van der Waals surface area contributed by atoms with Gasteiger partial charge in [-0.2, -0.15) is 8.42 Å². The molecule has 1 unspecified atom stereocenters. The van der Waals surface area contributed by atoms with Crippen molar-refractivity contribution in [3.05, 3.63) is 93.5 Å². The minimum Gasteiger partial charge on any atom is -0.487 e. The lowest BCUT2D eigenvalue weighted by molar-refractivity contribution is 0.306. The Kier molecular flexibility index (Phi) is 9.84. The fraction of sp³-hybridized carbons (Fsp3) is 0.226. The number of benzene rings is 3. The van der Waals surface area contributed by atoms with Crippen LogP contribution in [0.15, 0.2) is 66.3 Å². The second kappa shape index (κ2) is 13.8. The van der Waals surface area contributed by atoms with Gasteiger partial charge in [0.05, 0.1) is 22.3 Å². The molecule has 2 N–H and O–H groups in total. The molecule has 2 heterocycles. The van der Waals surface area contributed by atoms with E-state index in [1.807, 2.05) is 20.8 Å². The van der Waals surface area contributed by atoms with E-state index < -0.39 is 22.2 Å². The molecule has 0 aliphatic heterocycles. The van der Waals surface area contributed by atoms with E-state index in [1.54, 1.807) is 41.8 Å². The van der Waals surface area contributed by atoms with Crippen LogP contribution in [0.25, 0.3) is 22.2 Å². The molecule has 0 amide bonds. The van der Waals surface area contributed by atoms with Crippen molar-refractivity contribution in [3.8, 4) is 17.0 Å². The lowest BCUT2D eigenvalue weighted by Crippen LogP contribution is -2.28. The summed E-state index contributed by atoms with van der Waals surface area (Å²) in [6, 6.07) is 13.8. The minimum atomic E-state index is -2.38. The maximum absolute atomic E-state index is 15.3. The first-order valence-corrected chi connectivity index (χ1v) is 16.0. The summed E-state index contributed by atoms with van der Waals surface area (Å²) in [5, 5.41) is 9.48. The normalized spacial score (nSPS) is 12.0. The highest BCUT2D eigenvalue weighted by molar-refractivity contribution is 7.72. The molecule has 0 aliphatic rings. The third-order valence-electron chi connectivity index (χ3n) is 6.54. The fourth-order valence-corrected chi connectivity index (χ4v) is 6.26. The van der Waals surface area contributed by atoms with Gasteiger partial charge in [-0.15, -0.1) is 11.3 Å². The molecule has 3 aromatic carbocycles. The molecule has 0 saturated carbocycles. The Hall–Kier alpha value is -3.97. The van der Waals surface area contributed by atoms with E-state index in [4.69, 9.17) is 16.3 Å². The van der Waals surface area contributed by atoms with Gasteiger partial charge in [0, 0.05) is 28.1 Å². The number of ether oxygens (including phenoxy) is 1. The molecule has 0 bridgehead atoms. The Labute approximate surface area is 263 Å². The number of hydrogen-bond donors (Lipinski definition) is 2. The zero-order valence-corrected chi connectivity index (χ0v) is 26.3. The van der Waals surface area contributed by atoms with Crippen LogP contribution in [0.2, 0.25) is 5.02 Å². The molecule has 0 saturated heterocycles. The van der Waals surface area contributed by atoms with Gasteiger partial charge in [-0.05, 0) is 61.2 Å². The third kappa shape index (κ3) is 7.56. The van der Waals surface area contributed by atoms with Crippen molar-refractivity contribution in [2.75, 3.05) is 5.32 Å². The monoisotopic (exact) mass is 655 g/mol. The Balaban J connectivity index is 1.37. The number of rotatable bonds is 10. The maximum Gasteiger partial charge on any atom is 0.228 e. The van der Waals surface area contributed by atoms with Crippen molar-refractivity contribution in [3.63, 3.8) is 0 Å². The van der Waals surface area contributed by atoms with Crippen molar-refractivity contribution in [2.24, 2.45) is 5.92 Å². The number of hydrogen-bond acceptors (Lipinski definition) is 8. The Bertz CT molecular complexity index is 1960. The second-order valence-electron chi connectivity index (χ2n) is 10.5. The van der Waals surface area contributed by atoms with Crippen LogP contribution in [0, 0.1) is 17.6 Å². The van der Waals surface area contributed by atoms with Gasteiger partial charge < -0.3 is 10.1 Å². The van der Waals surface area contributed by atoms with Gasteiger partial charge in [-0.3, -0.25) is 5.32 Å². The van der Waals surface area contributed by atoms with Crippen LogP contribution in [0.5, 0.6) is 5.75 Å². The highest BCUT2D eigenvalue weighted by Crippen LogP contribution is 2.34. The first-order valence-electron chi connectivity index (χ1n) is 13.6. The van der Waals surface area contributed by atoms with Crippen molar-refractivity contribution in [2.45, 2.75) is 39.8 Å². The zero-order chi connectivity index (χ0) is 31.4. The molecule has 5 rings (SSSR count). The number of thiazole rings is 1. The first-order chi connectivity index (χ1) is 21.1. The highest BCUT2D eigenvalue weighted by Gasteiger charge is 2.18. The van der Waals surface area contributed by atoms with Crippen molar-refractivity contribution in [1.29, 1.82) is 0 Å². The van der Waals surface area contributed by atoms with Gasteiger partial charge in [0.2, 0.25) is 10.3 Å². The van der Waals surface area contributed by atoms with E-state index in [1.165, 1.54) is 35.9 Å². The van der Waals surface area contributed by atoms with Crippen LogP contribution in [0.3, 0.4) is 0 Å². The van der Waals surface area contributed by atoms with E-state index in [9.17, 15) is 12.8 Å². The molecule has 0 spiro atoms. The van der Waals surface area contributed by atoms with Gasteiger partial charge in [0.15, 0.2) is 0 Å². The SMILES string of the molecule is CC(C)CC(NC(C)c1nc(-c2cc3c(Nc4ccc(OCc5cccc(F)c5)c(Cl)c4)ncnc3cc2F)cs1)=S(=O)=O. The van der Waals surface area contributed by atoms with Crippen molar-refractivity contribution < 1.29 is 21.9 Å². The summed E-state index contributed by atoms with van der Waals surface area (Å²) in [5.41, 5.74) is 2.33. The van der Waals surface area contributed by atoms with E-state index >= 15 is 4.39 Å². The minimum absolute atomic E-state index is 0.151. The molecular formula is C31H28ClF2N5O3S2. The molecule has 0 radical (unpaired) electrons. The predicted octanol–water partition coefficient (Wildman–Crippen LogP) is 7.71. The summed E-state index contributed by atoms with van der Waals surface area (Å²) in [7, 11) is -2.38. The second-order valence-corrected chi connectivity index (χ2v) is 12.7. The van der Waals surface area contributed by atoms with Gasteiger partial charge >= 0.3 is 0 Å². The Morgan fingerprint density at radius 3 is 2.61 bits per heavy atom. The number of fused-ring (bicyclic) bond motifs is 1. The van der Waals surface area contributed by atoms with Gasteiger partial charge in [0.25, 0.3) is 0 Å². The predicted molar refractivity (Wildman–Crippen MR) is 171 cm³/mol. The van der Waals surface area contributed by atoms with Crippen LogP contribution in [-0.2, 0) is 16.9 Å². The van der Waals surface area contributed by atoms with E-state index in [-0.39, 0.29) is 28.9 Å². The summed E-state index contributed by atoms with van der Waals surface area (Å²) in [6.45, 7) is 5.83. The highest BCUT2D eigenvalue weighted by atomic mass is 35.5. The molecule has 44 heavy (non-hydrogen) atoms. The molecule has 8 nitrogen and oxygen atoms in total. The van der Waals surface area contributed by atoms with Crippen LogP contribution in [0.4, 0.5) is 20.3 Å². The van der Waals surface area contributed by atoms with Gasteiger partial charge in [-0.25, -0.2) is 23.7 Å². The largest absolute Gasteiger partial charge is 0.487 e. The van der Waals surface area contributed by atoms with E-state index in [0.717, 1.165) is 0 Å². The molecule has 1 atom stereocenters. The number of halogens is 3. The molecular weight excluding hydrogens is 628 g/mol. The summed E-state index contributed by atoms with van der Waals surface area (Å²) in [6.07, 6.45) is 1.71. The maximum atomic E-state index is 15.3. The molecule has 228 valence electrons. The standard InChI is InChI=1S/C31H28ClF2N5O3S2/c1-17(2)9-29(44(40)41)37-18(3)31-39-27(15-43-31)22-12-23-26(13-25(22)34)35-16-36-30(23)38-21-7-8-28(24(32)11-21)42-14-19-5-4-6-20(33)10-19/h4-8,10-13,15-18,37H,9,14H2,1-3H3,(H,35,36,38). The fourth-order valence-electron chi connectivity index (χ4n) is 4.45. The van der Waals surface area contributed by atoms with Gasteiger partial charge in [0.1, 0.15) is 46.1 Å². The summed E-state index contributed by atoms with van der Waals surface area (Å²) >= 11 is 7.77. The van der Waals surface area contributed by atoms with Crippen LogP contribution < -0.4 is 15.4 Å². The molecule has 0 aliphatic carbocycles. The topological polar surface area (TPSA) is 106 Å². The number of aromatic nitrogens is 3. The smallest absolute Gasteiger partial charge is 0.228 e. The summed E-state index contributed by atoms with van der Waals surface area (Å²) in [5.74, 6) is 0.159. The zero-order valence-electron chi connectivity index (χ0n) is 23.9. The average molecular weight is 656 g/mol. The summed E-state index contributed by atoms with van der Waals surface area (Å²) in [4.78, 5) is 13.4. The van der Waals surface area contributed by atoms with Crippen LogP contribution >= 0.6 is 22.9 Å². The van der Waals surface area contributed by atoms with Crippen molar-refractivity contribution >= 4 is 60.6 Å². The third-order valence-corrected chi connectivity index (χ3v) is 8.55. The first kappa shape index (κ1) is 31.5. The molecule has 2 aromatic heterocycles. The number of nitrogens with zero attached hydrogens (tertiary/aromatic N) is 3. The Morgan fingerprint density at radius 2 is 1.89 bits per heavy atom. The van der Waals surface area contributed by atoms with Crippen LogP contribution in [0.1, 0.15) is 43.8 Å². The molecule has 0 fully saturated rings. The lowest BCUT2D eigenvalue weighted by Gasteiger charge is -2.13. The average Bonchev–Trinajstić information content (AvgIpc) is 3.46. The summed E-state index contributed by atoms with van der Waals surface area (Å²) < 4.78 is 57.9. The number of anilines is 2. The van der Waals surface area contributed by atoms with E-state index in [2.05, 4.69) is 25.6 Å². The van der Waals surface area contributed by atoms with Gasteiger partial charge in [-0.1, -0.05) is 37.6 Å².